The molecule has 210 valence electrons. The smallest absolute Gasteiger partial charge is 0.429 e. The summed E-state index contributed by atoms with van der Waals surface area (Å²) in [7, 11) is 0. The van der Waals surface area contributed by atoms with Gasteiger partial charge in [0.05, 0.1) is 0 Å². The third-order valence-electron chi connectivity index (χ3n) is 7.57. The van der Waals surface area contributed by atoms with Crippen molar-refractivity contribution < 1.29 is 35.5 Å². The molecule has 1 fully saturated rings. The van der Waals surface area contributed by atoms with Crippen LogP contribution < -0.4 is 4.74 Å². The van der Waals surface area contributed by atoms with Crippen molar-refractivity contribution in [1.29, 1.82) is 0 Å². The topological polar surface area (TPSA) is 9.23 Å². The van der Waals surface area contributed by atoms with Gasteiger partial charge in [-0.25, -0.2) is 22.0 Å². The van der Waals surface area contributed by atoms with Crippen molar-refractivity contribution in [1.82, 2.24) is 0 Å². The molecule has 2 unspecified atom stereocenters. The van der Waals surface area contributed by atoms with E-state index >= 15 is 0 Å². The van der Waals surface area contributed by atoms with Gasteiger partial charge in [0.25, 0.3) is 0 Å². The summed E-state index contributed by atoms with van der Waals surface area (Å²) in [6.07, 6.45) is 6.22. The van der Waals surface area contributed by atoms with Crippen molar-refractivity contribution in [2.45, 2.75) is 70.8 Å². The van der Waals surface area contributed by atoms with Gasteiger partial charge in [-0.3, -0.25) is 0 Å². The van der Waals surface area contributed by atoms with Crippen LogP contribution in [-0.4, -0.2) is 0 Å². The number of halogens is 7. The minimum absolute atomic E-state index is 0.0423. The second-order valence-corrected chi connectivity index (χ2v) is 10.4. The monoisotopic (exact) mass is 552 g/mol. The van der Waals surface area contributed by atoms with Gasteiger partial charge in [-0.05, 0) is 53.5 Å². The predicted octanol–water partition coefficient (Wildman–Crippen LogP) is 10.1. The number of hydrogen-bond donors (Lipinski definition) is 0. The summed E-state index contributed by atoms with van der Waals surface area (Å²) < 4.78 is 103. The van der Waals surface area contributed by atoms with Crippen molar-refractivity contribution in [3.63, 3.8) is 0 Å². The molecule has 0 heterocycles. The van der Waals surface area contributed by atoms with Crippen LogP contribution in [0.1, 0.15) is 69.4 Å². The Bertz CT molecular complexity index is 1230. The number of rotatable bonds is 9. The van der Waals surface area contributed by atoms with Gasteiger partial charge < -0.3 is 4.74 Å². The summed E-state index contributed by atoms with van der Waals surface area (Å²) in [5.74, 6) is -8.25. The molecular weight excluding hydrogens is 521 g/mol. The lowest BCUT2D eigenvalue weighted by Gasteiger charge is -2.20. The molecule has 4 rings (SSSR count). The van der Waals surface area contributed by atoms with E-state index in [0.717, 1.165) is 36.5 Å². The van der Waals surface area contributed by atoms with E-state index < -0.39 is 46.5 Å². The van der Waals surface area contributed by atoms with E-state index in [1.165, 1.54) is 44.9 Å². The van der Waals surface area contributed by atoms with E-state index in [2.05, 4.69) is 11.7 Å². The van der Waals surface area contributed by atoms with E-state index in [1.807, 2.05) is 12.1 Å². The number of alkyl halides is 2. The number of hydrogen-bond acceptors (Lipinski definition) is 1. The van der Waals surface area contributed by atoms with Crippen LogP contribution >= 0.6 is 0 Å². The highest BCUT2D eigenvalue weighted by molar-refractivity contribution is 5.64. The first kappa shape index (κ1) is 29.0. The van der Waals surface area contributed by atoms with Gasteiger partial charge in [0.1, 0.15) is 22.9 Å². The molecule has 0 N–H and O–H groups in total. The fourth-order valence-electron chi connectivity index (χ4n) is 5.48. The molecule has 0 aromatic heterocycles. The molecule has 3 aromatic rings. The zero-order chi connectivity index (χ0) is 28.2. The normalized spacial score (nSPS) is 18.2. The minimum Gasteiger partial charge on any atom is -0.429 e. The van der Waals surface area contributed by atoms with Gasteiger partial charge in [-0.15, -0.1) is 0 Å². The van der Waals surface area contributed by atoms with Crippen LogP contribution in [0.3, 0.4) is 0 Å². The van der Waals surface area contributed by atoms with Crippen molar-refractivity contribution in [3.8, 4) is 16.9 Å². The molecule has 0 spiro atoms. The van der Waals surface area contributed by atoms with Crippen LogP contribution in [0.2, 0.25) is 0 Å². The summed E-state index contributed by atoms with van der Waals surface area (Å²) in [5, 5.41) is 0. The molecule has 3 aromatic carbocycles. The number of ether oxygens (including phenoxy) is 1. The van der Waals surface area contributed by atoms with Crippen LogP contribution in [-0.2, 0) is 12.5 Å². The lowest BCUT2D eigenvalue weighted by molar-refractivity contribution is -0.189. The highest BCUT2D eigenvalue weighted by Gasteiger charge is 2.41. The zero-order valence-electron chi connectivity index (χ0n) is 21.7. The predicted molar refractivity (Wildman–Crippen MR) is 136 cm³/mol. The average molecular weight is 553 g/mol. The lowest BCUT2D eigenvalue weighted by atomic mass is 9.91. The standard InChI is InChI=1S/C31H31F7O/c1-2-4-19-5-3-6-20(8-7-19)9-10-21-11-13-22(14-12-21)23-15-25(32)29(26(33)16-23)31(37,38)39-24-17-27(34)30(36)28(35)18-24/h11-20H,2-10H2,1H3. The maximum absolute atomic E-state index is 14.7. The third-order valence-corrected chi connectivity index (χ3v) is 7.57. The largest absolute Gasteiger partial charge is 0.432 e. The van der Waals surface area contributed by atoms with Crippen molar-refractivity contribution in [2.24, 2.45) is 11.8 Å². The SMILES string of the molecule is CCCC1CCCC(CCc2ccc(-c3cc(F)c(C(F)(F)Oc4cc(F)c(F)c(F)c4)c(F)c3)cc2)CC1. The Labute approximate surface area is 224 Å². The molecule has 0 saturated heterocycles. The van der Waals surface area contributed by atoms with Crippen LogP contribution in [0.15, 0.2) is 48.5 Å². The lowest BCUT2D eigenvalue weighted by Crippen LogP contribution is -2.25. The van der Waals surface area contributed by atoms with E-state index in [1.54, 1.807) is 12.1 Å². The second-order valence-electron chi connectivity index (χ2n) is 10.4. The maximum Gasteiger partial charge on any atom is 0.432 e. The summed E-state index contributed by atoms with van der Waals surface area (Å²) in [6, 6.07) is 8.92. The van der Waals surface area contributed by atoms with Crippen LogP contribution in [0, 0.1) is 40.9 Å². The van der Waals surface area contributed by atoms with Gasteiger partial charge in [0.2, 0.25) is 0 Å². The highest BCUT2D eigenvalue weighted by Crippen LogP contribution is 2.38. The Morgan fingerprint density at radius 2 is 1.28 bits per heavy atom. The molecule has 0 aliphatic heterocycles. The maximum atomic E-state index is 14.7. The molecule has 1 nitrogen and oxygen atoms in total. The fraction of sp³-hybridized carbons (Fsp3) is 0.419. The van der Waals surface area contributed by atoms with E-state index in [9.17, 15) is 30.7 Å². The highest BCUT2D eigenvalue weighted by atomic mass is 19.3. The molecular formula is C31H31F7O. The molecule has 1 aliphatic carbocycles. The number of benzene rings is 3. The van der Waals surface area contributed by atoms with Crippen LogP contribution in [0.4, 0.5) is 30.7 Å². The Hall–Kier alpha value is -3.03. The molecule has 0 amide bonds. The zero-order valence-corrected chi connectivity index (χ0v) is 21.7. The molecule has 1 saturated carbocycles. The summed E-state index contributed by atoms with van der Waals surface area (Å²) >= 11 is 0. The summed E-state index contributed by atoms with van der Waals surface area (Å²) in [5.41, 5.74) is -0.158. The Kier molecular flexibility index (Phi) is 9.23. The first-order valence-corrected chi connectivity index (χ1v) is 13.4. The van der Waals surface area contributed by atoms with Gasteiger partial charge in [-0.2, -0.15) is 8.78 Å². The van der Waals surface area contributed by atoms with E-state index in [4.69, 9.17) is 0 Å². The Morgan fingerprint density at radius 3 is 1.85 bits per heavy atom. The van der Waals surface area contributed by atoms with Gasteiger partial charge >= 0.3 is 6.11 Å². The van der Waals surface area contributed by atoms with Gasteiger partial charge in [-0.1, -0.05) is 76.1 Å². The molecule has 1 aliphatic rings. The molecule has 8 heteroatoms. The average Bonchev–Trinajstić information content (AvgIpc) is 3.10. The van der Waals surface area contributed by atoms with Crippen molar-refractivity contribution >= 4 is 0 Å². The third kappa shape index (κ3) is 7.14. The summed E-state index contributed by atoms with van der Waals surface area (Å²) in [6.45, 7) is 2.23. The van der Waals surface area contributed by atoms with Crippen molar-refractivity contribution in [2.75, 3.05) is 0 Å². The Balaban J connectivity index is 1.43. The number of aryl methyl sites for hydroxylation is 1. The van der Waals surface area contributed by atoms with Crippen LogP contribution in [0.25, 0.3) is 11.1 Å². The first-order chi connectivity index (χ1) is 18.6. The molecule has 39 heavy (non-hydrogen) atoms. The summed E-state index contributed by atoms with van der Waals surface area (Å²) in [4.78, 5) is 0. The first-order valence-electron chi connectivity index (χ1n) is 13.4. The Morgan fingerprint density at radius 1 is 0.718 bits per heavy atom. The van der Waals surface area contributed by atoms with E-state index in [0.29, 0.717) is 11.5 Å². The molecule has 2 atom stereocenters. The van der Waals surface area contributed by atoms with Crippen molar-refractivity contribution in [3.05, 3.63) is 88.7 Å². The van der Waals surface area contributed by atoms with Crippen LogP contribution in [0.5, 0.6) is 5.75 Å². The quantitative estimate of drug-likeness (QED) is 0.146. The fourth-order valence-corrected chi connectivity index (χ4v) is 5.48. The van der Waals surface area contributed by atoms with Gasteiger partial charge in [0, 0.05) is 12.1 Å². The molecule has 0 bridgehead atoms. The molecule has 0 radical (unpaired) electrons. The second kappa shape index (κ2) is 12.4. The minimum atomic E-state index is -4.62. The van der Waals surface area contributed by atoms with E-state index in [-0.39, 0.29) is 17.7 Å². The van der Waals surface area contributed by atoms with Gasteiger partial charge in [0.15, 0.2) is 17.5 Å².